The van der Waals surface area contributed by atoms with Crippen molar-refractivity contribution in [2.24, 2.45) is 11.8 Å². The molecule has 1 aliphatic rings. The molecule has 4 nitrogen and oxygen atoms in total. The average molecular weight is 309 g/mol. The van der Waals surface area contributed by atoms with Gasteiger partial charge in [0.2, 0.25) is 0 Å². The summed E-state index contributed by atoms with van der Waals surface area (Å²) in [6.07, 6.45) is 3.76. The molecule has 21 heavy (non-hydrogen) atoms. The fraction of sp³-hybridized carbons (Fsp3) is 0.625. The van der Waals surface area contributed by atoms with Gasteiger partial charge in [-0.1, -0.05) is 27.2 Å². The second kappa shape index (κ2) is 6.60. The van der Waals surface area contributed by atoms with E-state index in [4.69, 9.17) is 0 Å². The lowest BCUT2D eigenvalue weighted by Gasteiger charge is -2.22. The van der Waals surface area contributed by atoms with Crippen molar-refractivity contribution in [1.82, 2.24) is 5.32 Å². The molecule has 0 saturated carbocycles. The van der Waals surface area contributed by atoms with Crippen LogP contribution in [0.1, 0.15) is 54.4 Å². The smallest absolute Gasteiger partial charge is 0.326 e. The average Bonchev–Trinajstić information content (AvgIpc) is 2.86. The van der Waals surface area contributed by atoms with Crippen LogP contribution in [0.4, 0.5) is 0 Å². The zero-order valence-electron chi connectivity index (χ0n) is 12.8. The highest BCUT2D eigenvalue weighted by Gasteiger charge is 2.28. The van der Waals surface area contributed by atoms with Crippen LogP contribution in [0, 0.1) is 11.8 Å². The minimum atomic E-state index is -0.963. The lowest BCUT2D eigenvalue weighted by molar-refractivity contribution is -0.140. The lowest BCUT2D eigenvalue weighted by atomic mass is 9.88. The lowest BCUT2D eigenvalue weighted by Crippen LogP contribution is -2.45. The van der Waals surface area contributed by atoms with Crippen LogP contribution < -0.4 is 5.32 Å². The third-order valence-corrected chi connectivity index (χ3v) is 5.46. The maximum absolute atomic E-state index is 12.4. The number of hydrogen-bond donors (Lipinski definition) is 2. The summed E-state index contributed by atoms with van der Waals surface area (Å²) in [5, 5.41) is 13.9. The number of carbonyl (C=O) groups is 2. The number of rotatable bonds is 5. The molecule has 0 bridgehead atoms. The molecule has 2 unspecified atom stereocenters. The summed E-state index contributed by atoms with van der Waals surface area (Å²) >= 11 is 1.63. The Morgan fingerprint density at radius 3 is 2.86 bits per heavy atom. The number of nitrogens with one attached hydrogen (secondary N) is 1. The van der Waals surface area contributed by atoms with E-state index >= 15 is 0 Å². The van der Waals surface area contributed by atoms with Crippen molar-refractivity contribution in [2.45, 2.75) is 52.5 Å². The molecule has 3 atom stereocenters. The van der Waals surface area contributed by atoms with Crippen LogP contribution in [0.15, 0.2) is 5.38 Å². The summed E-state index contributed by atoms with van der Waals surface area (Å²) in [4.78, 5) is 25.0. The number of thiophene rings is 1. The van der Waals surface area contributed by atoms with Crippen LogP contribution in [0.3, 0.4) is 0 Å². The molecule has 0 aromatic carbocycles. The van der Waals surface area contributed by atoms with E-state index in [1.165, 1.54) is 4.88 Å². The normalized spacial score (nSPS) is 20.4. The zero-order valence-corrected chi connectivity index (χ0v) is 13.6. The van der Waals surface area contributed by atoms with E-state index < -0.39 is 12.0 Å². The summed E-state index contributed by atoms with van der Waals surface area (Å²) < 4.78 is 0. The Morgan fingerprint density at radius 2 is 2.24 bits per heavy atom. The molecule has 0 saturated heterocycles. The maximum Gasteiger partial charge on any atom is 0.326 e. The van der Waals surface area contributed by atoms with E-state index in [9.17, 15) is 14.7 Å². The minimum Gasteiger partial charge on any atom is -0.480 e. The van der Waals surface area contributed by atoms with Gasteiger partial charge in [0.1, 0.15) is 6.04 Å². The van der Waals surface area contributed by atoms with Gasteiger partial charge >= 0.3 is 5.97 Å². The topological polar surface area (TPSA) is 66.4 Å². The van der Waals surface area contributed by atoms with E-state index in [-0.39, 0.29) is 11.8 Å². The second-order valence-corrected chi connectivity index (χ2v) is 7.04. The number of aliphatic carboxylic acids is 1. The number of carboxylic acid groups (broad SMARTS) is 1. The van der Waals surface area contributed by atoms with Crippen LogP contribution in [0.5, 0.6) is 0 Å². The van der Waals surface area contributed by atoms with Gasteiger partial charge in [-0.25, -0.2) is 4.79 Å². The van der Waals surface area contributed by atoms with Gasteiger partial charge in [0, 0.05) is 10.3 Å². The Hall–Kier alpha value is -1.36. The fourth-order valence-electron chi connectivity index (χ4n) is 2.77. The van der Waals surface area contributed by atoms with Gasteiger partial charge in [0.25, 0.3) is 5.91 Å². The van der Waals surface area contributed by atoms with Gasteiger partial charge in [0.05, 0.1) is 5.56 Å². The zero-order chi connectivity index (χ0) is 15.6. The largest absolute Gasteiger partial charge is 0.480 e. The van der Waals surface area contributed by atoms with Crippen molar-refractivity contribution in [3.63, 3.8) is 0 Å². The third kappa shape index (κ3) is 3.46. The first-order valence-electron chi connectivity index (χ1n) is 7.56. The molecule has 0 aliphatic heterocycles. The monoisotopic (exact) mass is 309 g/mol. The molecule has 1 amide bonds. The number of carboxylic acids is 1. The molecule has 0 radical (unpaired) electrons. The first kappa shape index (κ1) is 16.0. The third-order valence-electron chi connectivity index (χ3n) is 4.41. The Bertz CT molecular complexity index is 538. The van der Waals surface area contributed by atoms with Gasteiger partial charge in [-0.3, -0.25) is 4.79 Å². The van der Waals surface area contributed by atoms with Gasteiger partial charge in [-0.2, -0.15) is 0 Å². The highest BCUT2D eigenvalue weighted by atomic mass is 32.1. The Morgan fingerprint density at radius 1 is 1.52 bits per heavy atom. The number of hydrogen-bond acceptors (Lipinski definition) is 3. The number of fused-ring (bicyclic) bond motifs is 1. The summed E-state index contributed by atoms with van der Waals surface area (Å²) in [6, 6.07) is -0.819. The van der Waals surface area contributed by atoms with E-state index in [0.29, 0.717) is 11.5 Å². The first-order chi connectivity index (χ1) is 9.93. The predicted molar refractivity (Wildman–Crippen MR) is 83.9 cm³/mol. The van der Waals surface area contributed by atoms with E-state index in [2.05, 4.69) is 12.2 Å². The molecule has 1 aromatic heterocycles. The quantitative estimate of drug-likeness (QED) is 0.878. The molecule has 2 rings (SSSR count). The summed E-state index contributed by atoms with van der Waals surface area (Å²) in [6.45, 7) is 6.01. The van der Waals surface area contributed by atoms with Gasteiger partial charge < -0.3 is 10.4 Å². The van der Waals surface area contributed by atoms with Crippen LogP contribution in [0.2, 0.25) is 0 Å². The van der Waals surface area contributed by atoms with E-state index in [1.54, 1.807) is 11.3 Å². The van der Waals surface area contributed by atoms with Crippen molar-refractivity contribution in [3.8, 4) is 0 Å². The van der Waals surface area contributed by atoms with Crippen molar-refractivity contribution in [3.05, 3.63) is 21.4 Å². The molecule has 116 valence electrons. The van der Waals surface area contributed by atoms with Crippen molar-refractivity contribution in [1.29, 1.82) is 0 Å². The molecular formula is C16H23NO3S. The highest BCUT2D eigenvalue weighted by molar-refractivity contribution is 7.10. The summed E-state index contributed by atoms with van der Waals surface area (Å²) in [5.74, 6) is -0.620. The number of amides is 1. The fourth-order valence-corrected chi connectivity index (χ4v) is 4.01. The minimum absolute atomic E-state index is 0.0825. The SMILES string of the molecule is CCC(C)[C@H](NC(=O)c1csc2c1CCC(C)C2)C(=O)O. The van der Waals surface area contributed by atoms with Crippen molar-refractivity contribution < 1.29 is 14.7 Å². The second-order valence-electron chi connectivity index (χ2n) is 6.07. The van der Waals surface area contributed by atoms with Gasteiger partial charge in [-0.05, 0) is 36.7 Å². The van der Waals surface area contributed by atoms with Crippen molar-refractivity contribution >= 4 is 23.2 Å². The van der Waals surface area contributed by atoms with Crippen molar-refractivity contribution in [2.75, 3.05) is 0 Å². The van der Waals surface area contributed by atoms with Crippen LogP contribution in [-0.2, 0) is 17.6 Å². The van der Waals surface area contributed by atoms with E-state index in [1.807, 2.05) is 19.2 Å². The summed E-state index contributed by atoms with van der Waals surface area (Å²) in [7, 11) is 0. The van der Waals surface area contributed by atoms with Crippen LogP contribution in [-0.4, -0.2) is 23.0 Å². The Balaban J connectivity index is 2.15. The molecule has 2 N–H and O–H groups in total. The predicted octanol–water partition coefficient (Wildman–Crippen LogP) is 3.10. The Labute approximate surface area is 129 Å². The maximum atomic E-state index is 12.4. The molecule has 0 fully saturated rings. The summed E-state index contributed by atoms with van der Waals surface area (Å²) in [5.41, 5.74) is 1.81. The number of carbonyl (C=O) groups excluding carboxylic acids is 1. The van der Waals surface area contributed by atoms with Crippen LogP contribution in [0.25, 0.3) is 0 Å². The molecule has 5 heteroatoms. The van der Waals surface area contributed by atoms with Gasteiger partial charge in [0.15, 0.2) is 0 Å². The van der Waals surface area contributed by atoms with Crippen LogP contribution >= 0.6 is 11.3 Å². The van der Waals surface area contributed by atoms with Gasteiger partial charge in [-0.15, -0.1) is 11.3 Å². The first-order valence-corrected chi connectivity index (χ1v) is 8.44. The Kier molecular flexibility index (Phi) is 5.04. The molecule has 1 aromatic rings. The highest BCUT2D eigenvalue weighted by Crippen LogP contribution is 2.32. The standard InChI is InChI=1S/C16H23NO3S/c1-4-10(3)14(16(19)20)17-15(18)12-8-21-13-7-9(2)5-6-11(12)13/h8-10,14H,4-7H2,1-3H3,(H,17,18)(H,19,20)/t9?,10?,14-/m0/s1. The molecule has 0 spiro atoms. The molecule has 1 aliphatic carbocycles. The molecule has 1 heterocycles. The van der Waals surface area contributed by atoms with E-state index in [0.717, 1.165) is 31.2 Å². The molecular weight excluding hydrogens is 286 g/mol.